The summed E-state index contributed by atoms with van der Waals surface area (Å²) in [4.78, 5) is 73.6. The molecule has 0 amide bonds. The molecule has 15 rings (SSSR count). The zero-order valence-electron chi connectivity index (χ0n) is 57.7. The summed E-state index contributed by atoms with van der Waals surface area (Å²) in [6, 6.07) is 69.2. The number of benzene rings is 10. The molecule has 0 saturated heterocycles. The summed E-state index contributed by atoms with van der Waals surface area (Å²) in [5.74, 6) is 0.273. The van der Waals surface area contributed by atoms with Crippen LogP contribution in [0.5, 0.6) is 0 Å². The Labute approximate surface area is 570 Å². The largest absolute Gasteiger partial charge is 0.355 e. The van der Waals surface area contributed by atoms with Gasteiger partial charge in [0.15, 0.2) is 34.7 Å². The molecule has 5 heterocycles. The predicted octanol–water partition coefficient (Wildman–Crippen LogP) is 19.5. The van der Waals surface area contributed by atoms with E-state index < -0.39 is 0 Å². The molecular weight excluding hydrogens is 1210 g/mol. The van der Waals surface area contributed by atoms with Gasteiger partial charge in [-0.1, -0.05) is 100 Å². The third-order valence-electron chi connectivity index (χ3n) is 18.3. The second-order valence-corrected chi connectivity index (χ2v) is 25.5. The van der Waals surface area contributed by atoms with Crippen molar-refractivity contribution in [3.63, 3.8) is 0 Å². The van der Waals surface area contributed by atoms with E-state index in [0.29, 0.717) is 52.5 Å². The average molecular weight is 1300 g/mol. The van der Waals surface area contributed by atoms with Crippen molar-refractivity contribution in [2.75, 3.05) is 13.1 Å². The summed E-state index contributed by atoms with van der Waals surface area (Å²) >= 11 is 0. The number of aryl methyl sites for hydroxylation is 2. The van der Waals surface area contributed by atoms with Crippen LogP contribution in [0.4, 0.5) is 0 Å². The van der Waals surface area contributed by atoms with Gasteiger partial charge in [-0.05, 0) is 188 Å². The van der Waals surface area contributed by atoms with Crippen LogP contribution >= 0.6 is 0 Å². The van der Waals surface area contributed by atoms with Crippen molar-refractivity contribution in [2.24, 2.45) is 5.73 Å². The molecule has 0 saturated carbocycles. The summed E-state index contributed by atoms with van der Waals surface area (Å²) in [5.41, 5.74) is 21.5. The van der Waals surface area contributed by atoms with Crippen LogP contribution in [0, 0.1) is 0 Å². The topological polar surface area (TPSA) is 176 Å². The number of H-pyrrole nitrogens is 1. The molecule has 0 aliphatic carbocycles. The van der Waals surface area contributed by atoms with E-state index in [1.165, 1.54) is 50.0 Å². The van der Waals surface area contributed by atoms with E-state index in [4.69, 9.17) is 5.73 Å². The van der Waals surface area contributed by atoms with Crippen LogP contribution in [0.1, 0.15) is 144 Å². The van der Waals surface area contributed by atoms with Crippen LogP contribution in [-0.2, 0) is 26.2 Å². The molecule has 0 atom stereocenters. The predicted molar refractivity (Wildman–Crippen MR) is 406 cm³/mol. The van der Waals surface area contributed by atoms with Gasteiger partial charge >= 0.3 is 0 Å². The van der Waals surface area contributed by atoms with E-state index in [2.05, 4.69) is 153 Å². The molecule has 5 aromatic heterocycles. The second-order valence-electron chi connectivity index (χ2n) is 25.5. The van der Waals surface area contributed by atoms with Crippen molar-refractivity contribution >= 4 is 144 Å². The van der Waals surface area contributed by atoms with Crippen LogP contribution in [-0.4, -0.2) is 77.1 Å². The SMILES string of the molecule is CC(=O)c1ccc2c(c1)c1cc(C(C)=O)ccc1n2CCN.CC(=O)c1ccc2c(c1)c1cc(C(C)=O)ccc1n2CCNC(C)C.CCCn1c2ccc(C(C)=O)cc2c2cc(C(C)=O)ccc21.CCCn1c2ccccc2c2ccccc21.c1ccc2c(c1)[nH]c1ccccc12. The Morgan fingerprint density at radius 3 is 0.837 bits per heavy atom. The van der Waals surface area contributed by atoms with Crippen molar-refractivity contribution in [3.8, 4) is 0 Å². The van der Waals surface area contributed by atoms with Gasteiger partial charge in [-0.15, -0.1) is 0 Å². The van der Waals surface area contributed by atoms with Gasteiger partial charge in [0.05, 0.1) is 0 Å². The number of nitrogens with one attached hydrogen (secondary N) is 2. The number of Topliss-reactive ketones (excluding diaryl/α,β-unsaturated/α-hetero) is 6. The molecule has 0 aliphatic rings. The Bertz CT molecular complexity index is 5080. The number of aromatic amines is 1. The van der Waals surface area contributed by atoms with Gasteiger partial charge in [0.1, 0.15) is 0 Å². The van der Waals surface area contributed by atoms with E-state index in [-0.39, 0.29) is 34.7 Å². The van der Waals surface area contributed by atoms with Crippen LogP contribution in [0.15, 0.2) is 206 Å². The summed E-state index contributed by atoms with van der Waals surface area (Å²) in [7, 11) is 0. The standard InChI is InChI=1S/C21H24N2O2.C19H19NO2.C18H18N2O2.C15H15N.C12H9N/c1-13(2)22-9-10-23-20-7-5-16(14(3)24)11-18(20)19-12-17(15(4)25)6-8-21(19)23;1-4-9-20-18-7-5-14(12(2)21)10-16(18)17-11-15(13(3)22)6-8-19(17)20;1-11(21)13-3-5-17-15(9-13)16-10-14(12(2)22)4-6-18(16)20(17)8-7-19;1-2-11-16-14-9-5-3-7-12(14)13-8-4-6-10-15(13)16;1-3-7-11-9(5-1)10-6-2-4-8-12(10)13-11/h5-8,11-13,22H,9-10H2,1-4H3;5-8,10-11H,4,9H2,1-3H3;3-6,9-10H,7-8,19H2,1-2H3;3-10H,2,11H2,1H3;1-8,13H. The van der Waals surface area contributed by atoms with Crippen LogP contribution in [0.25, 0.3) is 109 Å². The maximum absolute atomic E-state index is 11.8. The fourth-order valence-corrected chi connectivity index (χ4v) is 13.4. The molecule has 4 N–H and O–H groups in total. The highest BCUT2D eigenvalue weighted by atomic mass is 16.1. The van der Waals surface area contributed by atoms with E-state index in [9.17, 15) is 28.8 Å². The maximum Gasteiger partial charge on any atom is 0.159 e. The van der Waals surface area contributed by atoms with E-state index in [0.717, 1.165) is 98.0 Å². The van der Waals surface area contributed by atoms with Crippen LogP contribution in [0.3, 0.4) is 0 Å². The Balaban J connectivity index is 0.000000126. The van der Waals surface area contributed by atoms with Gasteiger partial charge in [0, 0.05) is 188 Å². The fraction of sp³-hybridized carbons (Fsp3) is 0.224. The third kappa shape index (κ3) is 14.2. The number of carbonyl (C=O) groups excluding carboxylic acids is 6. The molecule has 0 radical (unpaired) electrons. The first kappa shape index (κ1) is 68.5. The number of carbonyl (C=O) groups is 6. The minimum atomic E-state index is 0.0318. The molecule has 496 valence electrons. The number of aromatic nitrogens is 5. The summed E-state index contributed by atoms with van der Waals surface area (Å²) < 4.78 is 9.08. The number of fused-ring (bicyclic) bond motifs is 15. The summed E-state index contributed by atoms with van der Waals surface area (Å²) in [5, 5.41) is 14.9. The van der Waals surface area contributed by atoms with Crippen molar-refractivity contribution < 1.29 is 28.8 Å². The Morgan fingerprint density at radius 2 is 0.571 bits per heavy atom. The number of nitrogens with two attached hydrogens (primary N) is 1. The molecule has 0 bridgehead atoms. The van der Waals surface area contributed by atoms with Crippen molar-refractivity contribution in [1.29, 1.82) is 0 Å². The van der Waals surface area contributed by atoms with Crippen molar-refractivity contribution in [3.05, 3.63) is 240 Å². The lowest BCUT2D eigenvalue weighted by atomic mass is 10.0. The number of rotatable bonds is 16. The molecule has 15 aromatic rings. The lowest BCUT2D eigenvalue weighted by molar-refractivity contribution is 0.100. The minimum Gasteiger partial charge on any atom is -0.355 e. The maximum atomic E-state index is 11.8. The Kier molecular flexibility index (Phi) is 21.0. The highest BCUT2D eigenvalue weighted by Crippen LogP contribution is 2.35. The fourth-order valence-electron chi connectivity index (χ4n) is 13.4. The molecule has 13 nitrogen and oxygen atoms in total. The monoisotopic (exact) mass is 1300 g/mol. The number of ketones is 6. The van der Waals surface area contributed by atoms with Crippen molar-refractivity contribution in [2.45, 2.75) is 114 Å². The molecule has 13 heteroatoms. The van der Waals surface area contributed by atoms with Crippen molar-refractivity contribution in [1.82, 2.24) is 28.6 Å². The first-order chi connectivity index (χ1) is 47.3. The Hall–Kier alpha value is -10.9. The number of para-hydroxylation sites is 4. The van der Waals surface area contributed by atoms with Gasteiger partial charge in [0.25, 0.3) is 0 Å². The smallest absolute Gasteiger partial charge is 0.159 e. The molecule has 98 heavy (non-hydrogen) atoms. The molecule has 0 unspecified atom stereocenters. The molecular formula is C85H85N7O6. The average Bonchev–Trinajstić information content (AvgIpc) is 1.63. The number of hydrogen-bond acceptors (Lipinski definition) is 8. The van der Waals surface area contributed by atoms with Crippen LogP contribution < -0.4 is 11.1 Å². The van der Waals surface area contributed by atoms with Gasteiger partial charge < -0.3 is 34.3 Å². The zero-order chi connectivity index (χ0) is 69.5. The third-order valence-corrected chi connectivity index (χ3v) is 18.3. The highest BCUT2D eigenvalue weighted by molar-refractivity contribution is 6.16. The molecule has 0 fully saturated rings. The minimum absolute atomic E-state index is 0.0318. The quantitative estimate of drug-likeness (QED) is 0.0801. The molecule has 10 aromatic carbocycles. The highest BCUT2D eigenvalue weighted by Gasteiger charge is 2.18. The molecule has 0 aliphatic heterocycles. The van der Waals surface area contributed by atoms with Gasteiger partial charge in [-0.3, -0.25) is 28.8 Å². The molecule has 0 spiro atoms. The second kappa shape index (κ2) is 30.1. The zero-order valence-corrected chi connectivity index (χ0v) is 57.7. The Morgan fingerprint density at radius 1 is 0.327 bits per heavy atom. The number of hydrogen-bond donors (Lipinski definition) is 3. The first-order valence-electron chi connectivity index (χ1n) is 33.9. The van der Waals surface area contributed by atoms with E-state index in [1.54, 1.807) is 41.5 Å². The normalized spacial score (nSPS) is 11.3. The number of nitrogens with zero attached hydrogens (tertiary/aromatic N) is 4. The summed E-state index contributed by atoms with van der Waals surface area (Å²) in [6.07, 6.45) is 2.20. The van der Waals surface area contributed by atoms with Crippen LogP contribution in [0.2, 0.25) is 0 Å². The van der Waals surface area contributed by atoms with E-state index in [1.807, 2.05) is 109 Å². The first-order valence-corrected chi connectivity index (χ1v) is 33.9. The summed E-state index contributed by atoms with van der Waals surface area (Å²) in [6.45, 7) is 23.0. The lowest BCUT2D eigenvalue weighted by Crippen LogP contribution is -2.26. The van der Waals surface area contributed by atoms with Gasteiger partial charge in [0.2, 0.25) is 0 Å². The van der Waals surface area contributed by atoms with E-state index >= 15 is 0 Å². The van der Waals surface area contributed by atoms with Gasteiger partial charge in [-0.25, -0.2) is 0 Å². The van der Waals surface area contributed by atoms with Gasteiger partial charge in [-0.2, -0.15) is 0 Å². The lowest BCUT2D eigenvalue weighted by Gasteiger charge is -2.11.